The van der Waals surface area contributed by atoms with Gasteiger partial charge in [0.05, 0.1) is 17.1 Å². The van der Waals surface area contributed by atoms with Crippen molar-refractivity contribution in [3.63, 3.8) is 0 Å². The van der Waals surface area contributed by atoms with Crippen LogP contribution in [0.1, 0.15) is 24.0 Å². The number of aliphatic imine (C=N–C) groups is 1. The lowest BCUT2D eigenvalue weighted by molar-refractivity contribution is -0.552. The quantitative estimate of drug-likeness (QED) is 0.400. The summed E-state index contributed by atoms with van der Waals surface area (Å²) in [6.45, 7) is 1.73. The van der Waals surface area contributed by atoms with Crippen molar-refractivity contribution in [1.29, 1.82) is 0 Å². The topological polar surface area (TPSA) is 138 Å². The molecule has 12 nitrogen and oxygen atoms in total. The summed E-state index contributed by atoms with van der Waals surface area (Å²) in [5, 5.41) is 25.3. The van der Waals surface area contributed by atoms with Gasteiger partial charge in [0.15, 0.2) is 0 Å². The van der Waals surface area contributed by atoms with Crippen LogP contribution in [0, 0.1) is 10.1 Å². The van der Waals surface area contributed by atoms with Gasteiger partial charge in [-0.25, -0.2) is 15.0 Å². The van der Waals surface area contributed by atoms with Crippen LogP contribution in [0.25, 0.3) is 0 Å². The Bertz CT molecular complexity index is 1220. The molecule has 3 aliphatic rings. The van der Waals surface area contributed by atoms with Crippen molar-refractivity contribution in [2.45, 2.75) is 43.7 Å². The van der Waals surface area contributed by atoms with Gasteiger partial charge in [0, 0.05) is 49.9 Å². The number of fused-ring (bicyclic) bond motifs is 1. The van der Waals surface area contributed by atoms with Gasteiger partial charge >= 0.3 is 12.6 Å². The number of amidine groups is 1. The predicted molar refractivity (Wildman–Crippen MR) is 126 cm³/mol. The molecule has 2 N–H and O–H groups in total. The second-order valence-electron chi connectivity index (χ2n) is 9.04. The van der Waals surface area contributed by atoms with E-state index in [9.17, 15) is 28.4 Å². The van der Waals surface area contributed by atoms with Crippen molar-refractivity contribution in [2.75, 3.05) is 24.5 Å². The molecular formula is C23H24F3N7O5. The van der Waals surface area contributed by atoms with Crippen molar-refractivity contribution in [2.24, 2.45) is 4.99 Å². The van der Waals surface area contributed by atoms with Crippen molar-refractivity contribution in [3.8, 4) is 5.75 Å². The summed E-state index contributed by atoms with van der Waals surface area (Å²) in [4.78, 5) is 27.1. The van der Waals surface area contributed by atoms with Gasteiger partial charge in [0.2, 0.25) is 5.95 Å². The second kappa shape index (κ2) is 10.1. The average Bonchev–Trinajstić information content (AvgIpc) is 3.30. The first-order valence-electron chi connectivity index (χ1n) is 11.8. The highest BCUT2D eigenvalue weighted by molar-refractivity contribution is 5.78. The molecule has 1 fully saturated rings. The first-order valence-corrected chi connectivity index (χ1v) is 11.8. The second-order valence-corrected chi connectivity index (χ2v) is 9.04. The van der Waals surface area contributed by atoms with E-state index in [0.29, 0.717) is 50.5 Å². The molecule has 1 aromatic heterocycles. The lowest BCUT2D eigenvalue weighted by Gasteiger charge is -2.38. The van der Waals surface area contributed by atoms with Gasteiger partial charge in [-0.05, 0) is 30.5 Å². The molecule has 0 amide bonds. The van der Waals surface area contributed by atoms with Crippen molar-refractivity contribution < 1.29 is 32.7 Å². The Morgan fingerprint density at radius 1 is 1.21 bits per heavy atom. The van der Waals surface area contributed by atoms with Gasteiger partial charge < -0.3 is 19.5 Å². The Labute approximate surface area is 214 Å². The zero-order valence-corrected chi connectivity index (χ0v) is 19.9. The summed E-state index contributed by atoms with van der Waals surface area (Å²) in [7, 11) is 0. The molecule has 15 heteroatoms. The maximum atomic E-state index is 12.4. The van der Waals surface area contributed by atoms with Gasteiger partial charge in [-0.15, -0.1) is 13.2 Å². The Balaban J connectivity index is 1.12. The third kappa shape index (κ3) is 5.62. The fourth-order valence-corrected chi connectivity index (χ4v) is 4.49. The third-order valence-electron chi connectivity index (χ3n) is 6.53. The molecule has 2 aromatic rings. The summed E-state index contributed by atoms with van der Waals surface area (Å²) in [6, 6.07) is 5.48. The van der Waals surface area contributed by atoms with E-state index < -0.39 is 23.1 Å². The highest BCUT2D eigenvalue weighted by Gasteiger charge is 2.37. The number of nitrogens with zero attached hydrogens (tertiary/aromatic N) is 6. The van der Waals surface area contributed by atoms with Crippen LogP contribution < -0.4 is 15.0 Å². The van der Waals surface area contributed by atoms with E-state index in [0.717, 1.165) is 5.56 Å². The number of anilines is 1. The maximum absolute atomic E-state index is 12.4. The standard InChI is InChI=1S/C23H24F3N7O5/c24-23(25,26)38-17-3-1-16(2-4-17)22(34)6-9-31(10-7-22)20-28-12-15(13-29-20)11-27-18-14-30-21-32(18)8-5-19(37-21)33(35)36/h1-5,8,12-13,18-19,27,34H,6-7,9-11,14H2/t18?,19-/m0/s1. The number of benzene rings is 1. The molecule has 3 aliphatic heterocycles. The zero-order valence-electron chi connectivity index (χ0n) is 19.9. The highest BCUT2D eigenvalue weighted by Crippen LogP contribution is 2.35. The van der Waals surface area contributed by atoms with Crippen LogP contribution >= 0.6 is 0 Å². The lowest BCUT2D eigenvalue weighted by atomic mass is 9.84. The van der Waals surface area contributed by atoms with Gasteiger partial charge in [-0.1, -0.05) is 12.1 Å². The van der Waals surface area contributed by atoms with Gasteiger partial charge in [0.25, 0.3) is 6.02 Å². The van der Waals surface area contributed by atoms with Crippen molar-refractivity contribution in [3.05, 3.63) is 70.2 Å². The number of nitro groups is 1. The molecule has 5 rings (SSSR count). The minimum atomic E-state index is -4.77. The number of aromatic nitrogens is 2. The minimum absolute atomic E-state index is 0.203. The predicted octanol–water partition coefficient (Wildman–Crippen LogP) is 2.10. The summed E-state index contributed by atoms with van der Waals surface area (Å²) in [6.07, 6.45) is 0.800. The Hall–Kier alpha value is -3.98. The van der Waals surface area contributed by atoms with Gasteiger partial charge in [-0.3, -0.25) is 20.3 Å². The number of piperidine rings is 1. The van der Waals surface area contributed by atoms with E-state index in [-0.39, 0.29) is 17.9 Å². The molecule has 0 saturated carbocycles. The summed E-state index contributed by atoms with van der Waals surface area (Å²) < 4.78 is 46.3. The number of ether oxygens (including phenoxy) is 2. The largest absolute Gasteiger partial charge is 0.573 e. The number of hydrogen-bond donors (Lipinski definition) is 2. The van der Waals surface area contributed by atoms with E-state index >= 15 is 0 Å². The van der Waals surface area contributed by atoms with Crippen LogP contribution in [0.15, 0.2) is 53.9 Å². The molecule has 0 bridgehead atoms. The minimum Gasteiger partial charge on any atom is -0.406 e. The lowest BCUT2D eigenvalue weighted by Crippen LogP contribution is -2.46. The van der Waals surface area contributed by atoms with Crippen molar-refractivity contribution >= 4 is 12.0 Å². The van der Waals surface area contributed by atoms with E-state index in [4.69, 9.17) is 4.74 Å². The van der Waals surface area contributed by atoms with E-state index in [1.807, 2.05) is 4.90 Å². The third-order valence-corrected chi connectivity index (χ3v) is 6.53. The molecule has 38 heavy (non-hydrogen) atoms. The van der Waals surface area contributed by atoms with Crippen LogP contribution in [0.2, 0.25) is 0 Å². The number of nitrogens with one attached hydrogen (secondary N) is 1. The van der Waals surface area contributed by atoms with Crippen LogP contribution in [0.4, 0.5) is 19.1 Å². The normalized spacial score (nSPS) is 22.5. The molecule has 4 heterocycles. The average molecular weight is 535 g/mol. The number of aliphatic hydroxyl groups is 1. The van der Waals surface area contributed by atoms with E-state index in [1.165, 1.54) is 30.3 Å². The molecular weight excluding hydrogens is 511 g/mol. The number of halogens is 3. The van der Waals surface area contributed by atoms with Crippen LogP contribution in [-0.4, -0.2) is 69.3 Å². The monoisotopic (exact) mass is 535 g/mol. The first-order chi connectivity index (χ1) is 18.1. The number of hydrogen-bond acceptors (Lipinski definition) is 11. The SMILES string of the molecule is O=[N+]([O-])[C@@H]1C=CN2C(=NCC2NCc2cnc(N3CCC(O)(c4ccc(OC(F)(F)F)cc4)CC3)nc2)O1. The van der Waals surface area contributed by atoms with Gasteiger partial charge in [0.1, 0.15) is 11.9 Å². The summed E-state index contributed by atoms with van der Waals surface area (Å²) in [5.41, 5.74) is 0.170. The first kappa shape index (κ1) is 25.7. The molecule has 1 aromatic carbocycles. The molecule has 0 aliphatic carbocycles. The smallest absolute Gasteiger partial charge is 0.406 e. The highest BCUT2D eigenvalue weighted by atomic mass is 19.4. The summed E-state index contributed by atoms with van der Waals surface area (Å²) >= 11 is 0. The summed E-state index contributed by atoms with van der Waals surface area (Å²) in [5.74, 6) is 0.171. The zero-order chi connectivity index (χ0) is 26.9. The molecule has 0 spiro atoms. The maximum Gasteiger partial charge on any atom is 0.573 e. The van der Waals surface area contributed by atoms with Crippen LogP contribution in [-0.2, 0) is 16.9 Å². The Morgan fingerprint density at radius 2 is 1.89 bits per heavy atom. The molecule has 202 valence electrons. The van der Waals surface area contributed by atoms with Crippen molar-refractivity contribution in [1.82, 2.24) is 20.2 Å². The fourth-order valence-electron chi connectivity index (χ4n) is 4.49. The van der Waals surface area contributed by atoms with E-state index in [2.05, 4.69) is 25.0 Å². The number of alkyl halides is 3. The van der Waals surface area contributed by atoms with Gasteiger partial charge in [-0.2, -0.15) is 0 Å². The van der Waals surface area contributed by atoms with Crippen LogP contribution in [0.5, 0.6) is 5.75 Å². The molecule has 0 radical (unpaired) electrons. The molecule has 1 saturated heterocycles. The molecule has 2 atom stereocenters. The number of rotatable bonds is 7. The molecule has 1 unspecified atom stereocenters. The fraction of sp³-hybridized carbons (Fsp3) is 0.435. The Morgan fingerprint density at radius 3 is 2.53 bits per heavy atom. The van der Waals surface area contributed by atoms with E-state index in [1.54, 1.807) is 23.5 Å². The Kier molecular flexibility index (Phi) is 6.79. The van der Waals surface area contributed by atoms with Crippen LogP contribution in [0.3, 0.4) is 0 Å².